The molecular formula is C17H19N3. The van der Waals surface area contributed by atoms with Crippen molar-refractivity contribution in [3.63, 3.8) is 0 Å². The summed E-state index contributed by atoms with van der Waals surface area (Å²) in [5, 5.41) is 8.86. The fraction of sp³-hybridized carbons (Fsp3) is 0.235. The molecule has 0 spiro atoms. The first-order chi connectivity index (χ1) is 9.51. The van der Waals surface area contributed by atoms with Crippen LogP contribution in [0.3, 0.4) is 0 Å². The fourth-order valence-corrected chi connectivity index (χ4v) is 2.23. The van der Waals surface area contributed by atoms with Crippen molar-refractivity contribution >= 4 is 11.4 Å². The summed E-state index contributed by atoms with van der Waals surface area (Å²) >= 11 is 0. The Morgan fingerprint density at radius 2 is 1.85 bits per heavy atom. The van der Waals surface area contributed by atoms with Crippen LogP contribution in [0.4, 0.5) is 11.4 Å². The molecule has 0 aliphatic heterocycles. The molecule has 0 saturated carbocycles. The SMILES string of the molecule is Cc1ccc(CN(C)c2ccc(C#N)cc2N)cc1C. The minimum absolute atomic E-state index is 0.589. The zero-order chi connectivity index (χ0) is 14.7. The molecule has 0 heterocycles. The van der Waals surface area contributed by atoms with Crippen molar-refractivity contribution in [3.05, 3.63) is 58.7 Å². The van der Waals surface area contributed by atoms with Crippen LogP contribution in [0.1, 0.15) is 22.3 Å². The first-order valence-corrected chi connectivity index (χ1v) is 6.58. The van der Waals surface area contributed by atoms with Crippen molar-refractivity contribution in [2.24, 2.45) is 0 Å². The van der Waals surface area contributed by atoms with Crippen LogP contribution in [-0.4, -0.2) is 7.05 Å². The minimum Gasteiger partial charge on any atom is -0.397 e. The van der Waals surface area contributed by atoms with Crippen LogP contribution in [0.15, 0.2) is 36.4 Å². The van der Waals surface area contributed by atoms with Gasteiger partial charge in [0.1, 0.15) is 0 Å². The first kappa shape index (κ1) is 14.0. The van der Waals surface area contributed by atoms with E-state index in [1.165, 1.54) is 16.7 Å². The summed E-state index contributed by atoms with van der Waals surface area (Å²) in [5.41, 5.74) is 12.0. The van der Waals surface area contributed by atoms with Gasteiger partial charge < -0.3 is 10.6 Å². The number of nitrogens with two attached hydrogens (primary N) is 1. The van der Waals surface area contributed by atoms with Crippen molar-refractivity contribution in [1.29, 1.82) is 5.26 Å². The maximum Gasteiger partial charge on any atom is 0.0992 e. The number of hydrogen-bond acceptors (Lipinski definition) is 3. The van der Waals surface area contributed by atoms with E-state index in [4.69, 9.17) is 11.0 Å². The Morgan fingerprint density at radius 3 is 2.45 bits per heavy atom. The molecule has 2 N–H and O–H groups in total. The van der Waals surface area contributed by atoms with Crippen LogP contribution in [0.25, 0.3) is 0 Å². The van der Waals surface area contributed by atoms with Gasteiger partial charge in [0.05, 0.1) is 23.0 Å². The lowest BCUT2D eigenvalue weighted by Crippen LogP contribution is -2.18. The van der Waals surface area contributed by atoms with Crippen LogP contribution in [0.2, 0.25) is 0 Å². The molecule has 0 amide bonds. The van der Waals surface area contributed by atoms with Gasteiger partial charge in [-0.15, -0.1) is 0 Å². The first-order valence-electron chi connectivity index (χ1n) is 6.58. The normalized spacial score (nSPS) is 10.1. The van der Waals surface area contributed by atoms with Gasteiger partial charge in [0, 0.05) is 13.6 Å². The van der Waals surface area contributed by atoms with Gasteiger partial charge in [0.25, 0.3) is 0 Å². The third-order valence-corrected chi connectivity index (χ3v) is 3.56. The van der Waals surface area contributed by atoms with E-state index in [1.807, 2.05) is 13.1 Å². The van der Waals surface area contributed by atoms with E-state index in [2.05, 4.69) is 43.0 Å². The van der Waals surface area contributed by atoms with Crippen molar-refractivity contribution in [3.8, 4) is 6.07 Å². The molecule has 2 aromatic rings. The standard InChI is InChI=1S/C17H19N3/c1-12-4-5-15(8-13(12)2)11-20(3)17-7-6-14(10-18)9-16(17)19/h4-9H,11,19H2,1-3H3. The molecule has 0 saturated heterocycles. The maximum atomic E-state index is 8.86. The second-order valence-corrected chi connectivity index (χ2v) is 5.16. The van der Waals surface area contributed by atoms with Crippen LogP contribution in [0, 0.1) is 25.2 Å². The topological polar surface area (TPSA) is 53.0 Å². The van der Waals surface area contributed by atoms with Gasteiger partial charge in [-0.1, -0.05) is 18.2 Å². The summed E-state index contributed by atoms with van der Waals surface area (Å²) in [4.78, 5) is 2.10. The Hall–Kier alpha value is -2.47. The van der Waals surface area contributed by atoms with E-state index in [9.17, 15) is 0 Å². The zero-order valence-electron chi connectivity index (χ0n) is 12.1. The molecule has 0 unspecified atom stereocenters. The number of anilines is 2. The average molecular weight is 265 g/mol. The molecule has 0 atom stereocenters. The quantitative estimate of drug-likeness (QED) is 0.865. The number of hydrogen-bond donors (Lipinski definition) is 1. The van der Waals surface area contributed by atoms with Gasteiger partial charge in [0.2, 0.25) is 0 Å². The smallest absolute Gasteiger partial charge is 0.0992 e. The van der Waals surface area contributed by atoms with Crippen LogP contribution >= 0.6 is 0 Å². The van der Waals surface area contributed by atoms with Crippen LogP contribution in [0.5, 0.6) is 0 Å². The molecule has 0 aliphatic rings. The van der Waals surface area contributed by atoms with Gasteiger partial charge in [-0.25, -0.2) is 0 Å². The number of rotatable bonds is 3. The summed E-state index contributed by atoms with van der Waals surface area (Å²) in [5.74, 6) is 0. The number of nitrogens with zero attached hydrogens (tertiary/aromatic N) is 2. The van der Waals surface area contributed by atoms with Crippen molar-refractivity contribution < 1.29 is 0 Å². The van der Waals surface area contributed by atoms with E-state index >= 15 is 0 Å². The lowest BCUT2D eigenvalue weighted by Gasteiger charge is -2.21. The fourth-order valence-electron chi connectivity index (χ4n) is 2.23. The van der Waals surface area contributed by atoms with Gasteiger partial charge in [-0.3, -0.25) is 0 Å². The molecule has 0 radical (unpaired) electrons. The van der Waals surface area contributed by atoms with E-state index in [0.717, 1.165) is 12.2 Å². The van der Waals surface area contributed by atoms with Gasteiger partial charge >= 0.3 is 0 Å². The number of aryl methyl sites for hydroxylation is 2. The molecule has 0 aromatic heterocycles. The summed E-state index contributed by atoms with van der Waals surface area (Å²) in [6.07, 6.45) is 0. The third-order valence-electron chi connectivity index (χ3n) is 3.56. The van der Waals surface area contributed by atoms with E-state index in [1.54, 1.807) is 12.1 Å². The third kappa shape index (κ3) is 2.92. The largest absolute Gasteiger partial charge is 0.397 e. The highest BCUT2D eigenvalue weighted by Crippen LogP contribution is 2.25. The predicted octanol–water partition coefficient (Wildman–Crippen LogP) is 3.39. The molecule has 102 valence electrons. The Kier molecular flexibility index (Phi) is 3.95. The molecule has 0 bridgehead atoms. The summed E-state index contributed by atoms with van der Waals surface area (Å²) in [6, 6.07) is 14.0. The minimum atomic E-state index is 0.589. The number of nitrogen functional groups attached to an aromatic ring is 1. The van der Waals surface area contributed by atoms with Crippen molar-refractivity contribution in [2.75, 3.05) is 17.7 Å². The van der Waals surface area contributed by atoms with Crippen molar-refractivity contribution in [2.45, 2.75) is 20.4 Å². The van der Waals surface area contributed by atoms with Crippen LogP contribution in [-0.2, 0) is 6.54 Å². The van der Waals surface area contributed by atoms with Crippen LogP contribution < -0.4 is 10.6 Å². The van der Waals surface area contributed by atoms with Gasteiger partial charge in [-0.05, 0) is 48.7 Å². The van der Waals surface area contributed by atoms with E-state index < -0.39 is 0 Å². The molecule has 2 rings (SSSR count). The van der Waals surface area contributed by atoms with Gasteiger partial charge in [0.15, 0.2) is 0 Å². The Balaban J connectivity index is 2.21. The lowest BCUT2D eigenvalue weighted by molar-refractivity contribution is 0.922. The second kappa shape index (κ2) is 5.66. The summed E-state index contributed by atoms with van der Waals surface area (Å²) in [7, 11) is 2.01. The Bertz CT molecular complexity index is 668. The Morgan fingerprint density at radius 1 is 1.10 bits per heavy atom. The van der Waals surface area contributed by atoms with E-state index in [-0.39, 0.29) is 0 Å². The molecule has 0 fully saturated rings. The molecule has 20 heavy (non-hydrogen) atoms. The van der Waals surface area contributed by atoms with Gasteiger partial charge in [-0.2, -0.15) is 5.26 Å². The summed E-state index contributed by atoms with van der Waals surface area (Å²) < 4.78 is 0. The number of benzene rings is 2. The van der Waals surface area contributed by atoms with Crippen molar-refractivity contribution in [1.82, 2.24) is 0 Å². The Labute approximate surface area is 120 Å². The highest BCUT2D eigenvalue weighted by molar-refractivity contribution is 5.69. The zero-order valence-corrected chi connectivity index (χ0v) is 12.1. The van der Waals surface area contributed by atoms with E-state index in [0.29, 0.717) is 11.3 Å². The molecular weight excluding hydrogens is 246 g/mol. The molecule has 0 aliphatic carbocycles. The molecule has 3 heteroatoms. The molecule has 2 aromatic carbocycles. The maximum absolute atomic E-state index is 8.86. The number of nitriles is 1. The average Bonchev–Trinajstić information content (AvgIpc) is 2.42. The lowest BCUT2D eigenvalue weighted by atomic mass is 10.1. The monoisotopic (exact) mass is 265 g/mol. The molecule has 3 nitrogen and oxygen atoms in total. The highest BCUT2D eigenvalue weighted by atomic mass is 15.1. The predicted molar refractivity (Wildman–Crippen MR) is 83.6 cm³/mol. The summed E-state index contributed by atoms with van der Waals surface area (Å²) in [6.45, 7) is 5.02. The second-order valence-electron chi connectivity index (χ2n) is 5.16. The highest BCUT2D eigenvalue weighted by Gasteiger charge is 2.07.